The number of hydrogen-bond donors (Lipinski definition) is 0. The molecule has 1 aromatic carbocycles. The van der Waals surface area contributed by atoms with Crippen molar-refractivity contribution >= 4 is 24.2 Å². The minimum atomic E-state index is -3.57. The van der Waals surface area contributed by atoms with E-state index >= 15 is 0 Å². The van der Waals surface area contributed by atoms with Crippen LogP contribution in [0.5, 0.6) is 11.5 Å². The summed E-state index contributed by atoms with van der Waals surface area (Å²) in [6.45, 7) is -1.59. The fourth-order valence-corrected chi connectivity index (χ4v) is 2.50. The first kappa shape index (κ1) is 11.3. The van der Waals surface area contributed by atoms with Crippen molar-refractivity contribution in [2.24, 2.45) is 0 Å². The zero-order valence-electron chi connectivity index (χ0n) is 8.31. The van der Waals surface area contributed by atoms with Crippen molar-refractivity contribution < 1.29 is 23.1 Å². The van der Waals surface area contributed by atoms with Gasteiger partial charge in [-0.2, -0.15) is 0 Å². The molecule has 1 heterocycles. The second-order valence-corrected chi connectivity index (χ2v) is 5.46. The standard InChI is InChI=1S/C9H8ClO5P/c1-2-13-9(11)6-3-4-7-8(5-6)15-16(10,12)14-7/h3-5H,2H2,1H3. The quantitative estimate of drug-likeness (QED) is 0.606. The number of ether oxygens (including phenoxy) is 1. The van der Waals surface area contributed by atoms with E-state index in [9.17, 15) is 9.36 Å². The van der Waals surface area contributed by atoms with Crippen LogP contribution in [0, 0.1) is 0 Å². The van der Waals surface area contributed by atoms with Crippen LogP contribution in [-0.2, 0) is 9.30 Å². The Labute approximate surface area is 96.6 Å². The summed E-state index contributed by atoms with van der Waals surface area (Å²) in [4.78, 5) is 11.4. The van der Waals surface area contributed by atoms with Crippen molar-refractivity contribution in [2.45, 2.75) is 6.92 Å². The van der Waals surface area contributed by atoms with Crippen LogP contribution in [0.15, 0.2) is 18.2 Å². The van der Waals surface area contributed by atoms with Gasteiger partial charge in [-0.15, -0.1) is 0 Å². The summed E-state index contributed by atoms with van der Waals surface area (Å²) >= 11 is 5.42. The van der Waals surface area contributed by atoms with Gasteiger partial charge < -0.3 is 13.8 Å². The molecule has 1 unspecified atom stereocenters. The molecule has 0 bridgehead atoms. The third-order valence-corrected chi connectivity index (χ3v) is 3.11. The summed E-state index contributed by atoms with van der Waals surface area (Å²) in [5, 5.41) is 0. The molecule has 1 atom stereocenters. The first-order valence-corrected chi connectivity index (χ1v) is 6.96. The summed E-state index contributed by atoms with van der Waals surface area (Å²) in [7, 11) is 0. The molecular weight excluding hydrogens is 255 g/mol. The van der Waals surface area contributed by atoms with E-state index in [0.29, 0.717) is 5.56 Å². The Morgan fingerprint density at radius 3 is 2.81 bits per heavy atom. The molecular formula is C9H8ClO5P. The molecule has 86 valence electrons. The molecule has 0 aliphatic carbocycles. The average Bonchev–Trinajstić information content (AvgIpc) is 2.50. The van der Waals surface area contributed by atoms with Gasteiger partial charge in [0.25, 0.3) is 0 Å². The van der Waals surface area contributed by atoms with Crippen LogP contribution in [-0.4, -0.2) is 12.6 Å². The summed E-state index contributed by atoms with van der Waals surface area (Å²) in [5.74, 6) is -0.0412. The summed E-state index contributed by atoms with van der Waals surface area (Å²) < 4.78 is 25.8. The highest BCUT2D eigenvalue weighted by Gasteiger charge is 2.34. The first-order valence-electron chi connectivity index (χ1n) is 4.52. The molecule has 0 fully saturated rings. The predicted octanol–water partition coefficient (Wildman–Crippen LogP) is 2.98. The monoisotopic (exact) mass is 262 g/mol. The highest BCUT2D eigenvalue weighted by molar-refractivity contribution is 7.82. The molecule has 2 rings (SSSR count). The molecule has 5 nitrogen and oxygen atoms in total. The lowest BCUT2D eigenvalue weighted by molar-refractivity contribution is 0.0526. The maximum absolute atomic E-state index is 11.4. The van der Waals surface area contributed by atoms with E-state index in [1.165, 1.54) is 18.2 Å². The van der Waals surface area contributed by atoms with E-state index in [2.05, 4.69) is 0 Å². The Balaban J connectivity index is 2.29. The van der Waals surface area contributed by atoms with Gasteiger partial charge in [-0.1, -0.05) is 0 Å². The van der Waals surface area contributed by atoms with E-state index in [1.807, 2.05) is 0 Å². The zero-order valence-corrected chi connectivity index (χ0v) is 9.96. The number of rotatable bonds is 2. The minimum absolute atomic E-state index is 0.184. The summed E-state index contributed by atoms with van der Waals surface area (Å²) in [6.07, 6.45) is 0. The van der Waals surface area contributed by atoms with Crippen LogP contribution < -0.4 is 9.05 Å². The number of esters is 1. The zero-order chi connectivity index (χ0) is 11.8. The van der Waals surface area contributed by atoms with Crippen molar-refractivity contribution in [2.75, 3.05) is 6.61 Å². The fourth-order valence-electron chi connectivity index (χ4n) is 1.25. The molecule has 1 aliphatic heterocycles. The second-order valence-electron chi connectivity index (χ2n) is 3.00. The first-order chi connectivity index (χ1) is 7.52. The van der Waals surface area contributed by atoms with Gasteiger partial charge in [-0.05, 0) is 25.1 Å². The molecule has 0 N–H and O–H groups in total. The Hall–Kier alpha value is -1.19. The lowest BCUT2D eigenvalue weighted by Gasteiger charge is -2.01. The van der Waals surface area contributed by atoms with E-state index in [4.69, 9.17) is 25.0 Å². The fraction of sp³-hybridized carbons (Fsp3) is 0.222. The number of fused-ring (bicyclic) bond motifs is 1. The Morgan fingerprint density at radius 1 is 1.44 bits per heavy atom. The van der Waals surface area contributed by atoms with Gasteiger partial charge in [0.1, 0.15) is 0 Å². The van der Waals surface area contributed by atoms with Gasteiger partial charge in [0.05, 0.1) is 12.2 Å². The Morgan fingerprint density at radius 2 is 2.12 bits per heavy atom. The Bertz CT molecular complexity index is 487. The topological polar surface area (TPSA) is 61.8 Å². The van der Waals surface area contributed by atoms with E-state index in [1.54, 1.807) is 6.92 Å². The van der Waals surface area contributed by atoms with Crippen molar-refractivity contribution in [3.63, 3.8) is 0 Å². The van der Waals surface area contributed by atoms with Crippen LogP contribution in [0.1, 0.15) is 17.3 Å². The number of carbonyl (C=O) groups is 1. The van der Waals surface area contributed by atoms with Crippen molar-refractivity contribution in [1.82, 2.24) is 0 Å². The maximum Gasteiger partial charge on any atom is 0.530 e. The SMILES string of the molecule is CCOC(=O)c1ccc2c(c1)OP(=O)(Cl)O2. The molecule has 0 radical (unpaired) electrons. The second kappa shape index (κ2) is 4.00. The molecule has 1 aromatic rings. The molecule has 0 saturated carbocycles. The van der Waals surface area contributed by atoms with Gasteiger partial charge in [-0.3, -0.25) is 0 Å². The van der Waals surface area contributed by atoms with E-state index in [-0.39, 0.29) is 18.1 Å². The lowest BCUT2D eigenvalue weighted by atomic mass is 10.2. The minimum Gasteiger partial charge on any atom is -0.462 e. The molecule has 0 amide bonds. The van der Waals surface area contributed by atoms with Crippen molar-refractivity contribution in [3.8, 4) is 11.5 Å². The molecule has 16 heavy (non-hydrogen) atoms. The largest absolute Gasteiger partial charge is 0.530 e. The van der Waals surface area contributed by atoms with Crippen LogP contribution in [0.3, 0.4) is 0 Å². The number of benzene rings is 1. The number of carbonyl (C=O) groups excluding carboxylic acids is 1. The van der Waals surface area contributed by atoms with Crippen LogP contribution in [0.25, 0.3) is 0 Å². The highest BCUT2D eigenvalue weighted by Crippen LogP contribution is 2.61. The predicted molar refractivity (Wildman–Crippen MR) is 57.1 cm³/mol. The van der Waals surface area contributed by atoms with Crippen LogP contribution >= 0.6 is 18.2 Å². The van der Waals surface area contributed by atoms with E-state index < -0.39 is 12.9 Å². The van der Waals surface area contributed by atoms with Gasteiger partial charge in [-0.25, -0.2) is 9.36 Å². The van der Waals surface area contributed by atoms with Gasteiger partial charge in [0.2, 0.25) is 0 Å². The maximum atomic E-state index is 11.4. The number of halogens is 1. The Kier molecular flexibility index (Phi) is 2.82. The molecule has 1 aliphatic rings. The normalized spacial score (nSPS) is 21.9. The molecule has 0 aromatic heterocycles. The average molecular weight is 263 g/mol. The number of hydrogen-bond acceptors (Lipinski definition) is 5. The van der Waals surface area contributed by atoms with Gasteiger partial charge >= 0.3 is 12.9 Å². The molecule has 7 heteroatoms. The van der Waals surface area contributed by atoms with Crippen LogP contribution in [0.2, 0.25) is 0 Å². The lowest BCUT2D eigenvalue weighted by Crippen LogP contribution is -2.03. The van der Waals surface area contributed by atoms with Gasteiger partial charge in [0, 0.05) is 11.2 Å². The molecule has 0 spiro atoms. The third-order valence-electron chi connectivity index (χ3n) is 1.87. The third kappa shape index (κ3) is 2.15. The summed E-state index contributed by atoms with van der Waals surface area (Å²) in [5.41, 5.74) is 0.294. The highest BCUT2D eigenvalue weighted by atomic mass is 35.7. The molecule has 0 saturated heterocycles. The van der Waals surface area contributed by atoms with Gasteiger partial charge in [0.15, 0.2) is 11.5 Å². The van der Waals surface area contributed by atoms with E-state index in [0.717, 1.165) is 0 Å². The van der Waals surface area contributed by atoms with Crippen molar-refractivity contribution in [3.05, 3.63) is 23.8 Å². The van der Waals surface area contributed by atoms with Crippen LogP contribution in [0.4, 0.5) is 0 Å². The van der Waals surface area contributed by atoms with Crippen molar-refractivity contribution in [1.29, 1.82) is 0 Å². The smallest absolute Gasteiger partial charge is 0.462 e. The summed E-state index contributed by atoms with van der Waals surface area (Å²) in [6, 6.07) is 4.33.